The number of carbonyl (C=O) groups is 1. The van der Waals surface area contributed by atoms with Gasteiger partial charge in [0.15, 0.2) is 5.65 Å². The lowest BCUT2D eigenvalue weighted by Gasteiger charge is -2.36. The van der Waals surface area contributed by atoms with Crippen LogP contribution in [0.3, 0.4) is 0 Å². The molecule has 30 heavy (non-hydrogen) atoms. The van der Waals surface area contributed by atoms with Crippen molar-refractivity contribution in [2.45, 2.75) is 19.8 Å². The molecule has 0 radical (unpaired) electrons. The van der Waals surface area contributed by atoms with Gasteiger partial charge in [-0.05, 0) is 43.5 Å². The molecule has 154 valence electrons. The number of rotatable bonds is 3. The normalized spacial score (nSPS) is 17.7. The molecule has 0 saturated carbocycles. The number of anilines is 1. The van der Waals surface area contributed by atoms with Crippen LogP contribution < -0.4 is 4.90 Å². The summed E-state index contributed by atoms with van der Waals surface area (Å²) in [7, 11) is 0. The number of carbonyl (C=O) groups excluding carboxylic acids is 1. The van der Waals surface area contributed by atoms with Gasteiger partial charge in [-0.25, -0.2) is 4.98 Å². The van der Waals surface area contributed by atoms with Crippen molar-refractivity contribution >= 4 is 28.4 Å². The fraction of sp³-hybridized carbons (Fsp3) is 0.435. The van der Waals surface area contributed by atoms with Gasteiger partial charge in [0.2, 0.25) is 5.91 Å². The Hall–Kier alpha value is -3.11. The van der Waals surface area contributed by atoms with Crippen molar-refractivity contribution in [1.29, 1.82) is 5.26 Å². The number of para-hydroxylation sites is 2. The van der Waals surface area contributed by atoms with E-state index in [2.05, 4.69) is 32.4 Å². The number of aromatic nitrogens is 2. The number of pyridine rings is 1. The number of likely N-dealkylation sites (tertiary alicyclic amines) is 1. The summed E-state index contributed by atoms with van der Waals surface area (Å²) in [5.41, 5.74) is 4.22. The predicted molar refractivity (Wildman–Crippen MR) is 117 cm³/mol. The Labute approximate surface area is 176 Å². The number of benzene rings is 1. The molecule has 2 aliphatic rings. The van der Waals surface area contributed by atoms with E-state index in [0.29, 0.717) is 12.1 Å². The van der Waals surface area contributed by atoms with Gasteiger partial charge in [0, 0.05) is 39.3 Å². The Balaban J connectivity index is 1.42. The Kier molecular flexibility index (Phi) is 4.80. The first-order valence-corrected chi connectivity index (χ1v) is 10.7. The molecule has 3 aromatic rings. The van der Waals surface area contributed by atoms with Crippen LogP contribution in [-0.2, 0) is 4.79 Å². The van der Waals surface area contributed by atoms with Crippen molar-refractivity contribution in [2.24, 2.45) is 0 Å². The van der Waals surface area contributed by atoms with Gasteiger partial charge in [-0.15, -0.1) is 0 Å². The van der Waals surface area contributed by atoms with E-state index in [1.807, 2.05) is 30.0 Å². The number of nitrogens with zero attached hydrogens (tertiary/aromatic N) is 6. The Morgan fingerprint density at radius 3 is 2.57 bits per heavy atom. The van der Waals surface area contributed by atoms with Gasteiger partial charge in [-0.3, -0.25) is 14.1 Å². The molecule has 2 aliphatic heterocycles. The van der Waals surface area contributed by atoms with Gasteiger partial charge in [0.25, 0.3) is 0 Å². The summed E-state index contributed by atoms with van der Waals surface area (Å²) >= 11 is 0. The summed E-state index contributed by atoms with van der Waals surface area (Å²) in [6.07, 6.45) is 2.26. The second-order valence-corrected chi connectivity index (χ2v) is 8.28. The van der Waals surface area contributed by atoms with Gasteiger partial charge >= 0.3 is 0 Å². The molecule has 5 rings (SSSR count). The van der Waals surface area contributed by atoms with E-state index in [-0.39, 0.29) is 5.91 Å². The predicted octanol–water partition coefficient (Wildman–Crippen LogP) is 2.41. The first-order chi connectivity index (χ1) is 14.7. The lowest BCUT2D eigenvalue weighted by atomic mass is 10.1. The summed E-state index contributed by atoms with van der Waals surface area (Å²) in [6.45, 7) is 7.72. The Morgan fingerprint density at radius 1 is 1.10 bits per heavy atom. The Morgan fingerprint density at radius 2 is 1.83 bits per heavy atom. The van der Waals surface area contributed by atoms with Crippen molar-refractivity contribution in [2.75, 3.05) is 50.7 Å². The Bertz CT molecular complexity index is 1150. The fourth-order valence-corrected chi connectivity index (χ4v) is 4.70. The number of imidazole rings is 1. The van der Waals surface area contributed by atoms with E-state index < -0.39 is 0 Å². The summed E-state index contributed by atoms with van der Waals surface area (Å²) in [4.78, 5) is 23.9. The highest BCUT2D eigenvalue weighted by Crippen LogP contribution is 2.29. The highest BCUT2D eigenvalue weighted by atomic mass is 16.2. The standard InChI is InChI=1S/C23H26N6O/c1-17-14-21(29-20-7-3-2-6-19(20)25-23(29)18(17)15-24)27-12-10-26(11-13-27)16-22(30)28-8-4-5-9-28/h2-3,6-7,14H,4-5,8-13,16H2,1H3. The lowest BCUT2D eigenvalue weighted by molar-refractivity contribution is -0.131. The summed E-state index contributed by atoms with van der Waals surface area (Å²) < 4.78 is 2.12. The van der Waals surface area contributed by atoms with Gasteiger partial charge in [-0.2, -0.15) is 5.26 Å². The average Bonchev–Trinajstić information content (AvgIpc) is 3.42. The fourth-order valence-electron chi connectivity index (χ4n) is 4.70. The van der Waals surface area contributed by atoms with Gasteiger partial charge in [-0.1, -0.05) is 12.1 Å². The van der Waals surface area contributed by atoms with E-state index in [0.717, 1.165) is 80.2 Å². The van der Waals surface area contributed by atoms with Gasteiger partial charge in [0.1, 0.15) is 11.9 Å². The highest BCUT2D eigenvalue weighted by molar-refractivity contribution is 5.85. The van der Waals surface area contributed by atoms with Crippen LogP contribution >= 0.6 is 0 Å². The van der Waals surface area contributed by atoms with Crippen molar-refractivity contribution < 1.29 is 4.79 Å². The molecule has 1 amide bonds. The molecule has 4 heterocycles. The van der Waals surface area contributed by atoms with E-state index in [4.69, 9.17) is 4.98 Å². The summed E-state index contributed by atoms with van der Waals surface area (Å²) in [6, 6.07) is 12.5. The maximum atomic E-state index is 12.5. The van der Waals surface area contributed by atoms with Crippen LogP contribution in [0.25, 0.3) is 16.7 Å². The first kappa shape index (κ1) is 18.9. The smallest absolute Gasteiger partial charge is 0.236 e. The van der Waals surface area contributed by atoms with E-state index in [1.165, 1.54) is 0 Å². The van der Waals surface area contributed by atoms with E-state index in [9.17, 15) is 10.1 Å². The summed E-state index contributed by atoms with van der Waals surface area (Å²) in [5, 5.41) is 9.69. The second kappa shape index (κ2) is 7.62. The quantitative estimate of drug-likeness (QED) is 0.673. The molecule has 7 nitrogen and oxygen atoms in total. The number of hydrogen-bond donors (Lipinski definition) is 0. The van der Waals surface area contributed by atoms with Crippen LogP contribution in [0.4, 0.5) is 5.82 Å². The third-order valence-corrected chi connectivity index (χ3v) is 6.38. The average molecular weight is 403 g/mol. The third-order valence-electron chi connectivity index (χ3n) is 6.38. The molecular weight excluding hydrogens is 376 g/mol. The van der Waals surface area contributed by atoms with Crippen LogP contribution in [-0.4, -0.2) is 70.9 Å². The minimum absolute atomic E-state index is 0.262. The third kappa shape index (κ3) is 3.17. The zero-order valence-electron chi connectivity index (χ0n) is 17.3. The molecule has 7 heteroatoms. The van der Waals surface area contributed by atoms with Crippen LogP contribution in [0, 0.1) is 18.3 Å². The number of piperazine rings is 1. The molecule has 2 fully saturated rings. The molecular formula is C23H26N6O. The van der Waals surface area contributed by atoms with E-state index >= 15 is 0 Å². The number of aryl methyl sites for hydroxylation is 1. The minimum Gasteiger partial charge on any atom is -0.355 e. The first-order valence-electron chi connectivity index (χ1n) is 10.7. The topological polar surface area (TPSA) is 67.9 Å². The lowest BCUT2D eigenvalue weighted by Crippen LogP contribution is -2.50. The molecule has 2 saturated heterocycles. The molecule has 0 N–H and O–H groups in total. The number of amides is 1. The van der Waals surface area contributed by atoms with Gasteiger partial charge < -0.3 is 9.80 Å². The zero-order chi connectivity index (χ0) is 20.7. The van der Waals surface area contributed by atoms with E-state index in [1.54, 1.807) is 0 Å². The van der Waals surface area contributed by atoms with Crippen molar-refractivity contribution in [3.8, 4) is 6.07 Å². The summed E-state index contributed by atoms with van der Waals surface area (Å²) in [5.74, 6) is 1.33. The van der Waals surface area contributed by atoms with Crippen LogP contribution in [0.1, 0.15) is 24.0 Å². The van der Waals surface area contributed by atoms with Gasteiger partial charge in [0.05, 0.1) is 23.1 Å². The zero-order valence-corrected chi connectivity index (χ0v) is 17.3. The molecule has 0 spiro atoms. The van der Waals surface area contributed by atoms with Crippen LogP contribution in [0.15, 0.2) is 30.3 Å². The largest absolute Gasteiger partial charge is 0.355 e. The maximum absolute atomic E-state index is 12.5. The van der Waals surface area contributed by atoms with Crippen LogP contribution in [0.5, 0.6) is 0 Å². The van der Waals surface area contributed by atoms with Crippen molar-refractivity contribution in [1.82, 2.24) is 19.2 Å². The number of fused-ring (bicyclic) bond motifs is 3. The molecule has 1 aromatic carbocycles. The molecule has 0 atom stereocenters. The molecule has 0 unspecified atom stereocenters. The number of nitriles is 1. The number of hydrogen-bond acceptors (Lipinski definition) is 5. The highest BCUT2D eigenvalue weighted by Gasteiger charge is 2.25. The second-order valence-electron chi connectivity index (χ2n) is 8.28. The maximum Gasteiger partial charge on any atom is 0.236 e. The van der Waals surface area contributed by atoms with Crippen molar-refractivity contribution in [3.63, 3.8) is 0 Å². The molecule has 0 bridgehead atoms. The molecule has 0 aliphatic carbocycles. The SMILES string of the molecule is Cc1cc(N2CCN(CC(=O)N3CCCC3)CC2)n2c(nc3ccccc32)c1C#N. The minimum atomic E-state index is 0.262. The molecule has 2 aromatic heterocycles. The van der Waals surface area contributed by atoms with Crippen molar-refractivity contribution in [3.05, 3.63) is 41.5 Å². The van der Waals surface area contributed by atoms with Crippen LogP contribution in [0.2, 0.25) is 0 Å². The monoisotopic (exact) mass is 402 g/mol.